The van der Waals surface area contributed by atoms with E-state index in [1.54, 1.807) is 0 Å². The summed E-state index contributed by atoms with van der Waals surface area (Å²) in [6.07, 6.45) is 5.43. The molecular formula is C16H25NS. The van der Waals surface area contributed by atoms with Crippen molar-refractivity contribution in [2.24, 2.45) is 17.6 Å². The maximum Gasteiger partial charge on any atom is 0.0162 e. The van der Waals surface area contributed by atoms with Crippen molar-refractivity contribution in [3.8, 4) is 0 Å². The molecule has 1 aromatic rings. The summed E-state index contributed by atoms with van der Waals surface area (Å²) in [6, 6.07) is 8.95. The summed E-state index contributed by atoms with van der Waals surface area (Å²) in [5, 5.41) is 0. The van der Waals surface area contributed by atoms with Crippen molar-refractivity contribution in [1.82, 2.24) is 0 Å². The van der Waals surface area contributed by atoms with E-state index in [9.17, 15) is 0 Å². The van der Waals surface area contributed by atoms with Crippen LogP contribution in [0, 0.1) is 18.8 Å². The van der Waals surface area contributed by atoms with Gasteiger partial charge in [0.05, 0.1) is 0 Å². The Hall–Kier alpha value is -0.470. The SMILES string of the molecule is Cc1ccccc1SCC(N)C1CCCC(C)C1. The van der Waals surface area contributed by atoms with Gasteiger partial charge in [0.2, 0.25) is 0 Å². The highest BCUT2D eigenvalue weighted by Crippen LogP contribution is 2.32. The molecule has 0 saturated heterocycles. The van der Waals surface area contributed by atoms with Crippen LogP contribution in [-0.2, 0) is 0 Å². The smallest absolute Gasteiger partial charge is 0.0162 e. The minimum atomic E-state index is 0.359. The Balaban J connectivity index is 1.84. The lowest BCUT2D eigenvalue weighted by atomic mass is 9.79. The zero-order valence-corrected chi connectivity index (χ0v) is 12.4. The predicted molar refractivity (Wildman–Crippen MR) is 81.0 cm³/mol. The molecule has 0 bridgehead atoms. The lowest BCUT2D eigenvalue weighted by Gasteiger charge is -2.31. The number of hydrogen-bond acceptors (Lipinski definition) is 2. The van der Waals surface area contributed by atoms with Crippen molar-refractivity contribution in [2.45, 2.75) is 50.5 Å². The summed E-state index contributed by atoms with van der Waals surface area (Å²) >= 11 is 1.93. The van der Waals surface area contributed by atoms with Gasteiger partial charge in [0, 0.05) is 16.7 Å². The summed E-state index contributed by atoms with van der Waals surface area (Å²) in [4.78, 5) is 1.39. The van der Waals surface area contributed by atoms with Crippen molar-refractivity contribution >= 4 is 11.8 Å². The van der Waals surface area contributed by atoms with Gasteiger partial charge < -0.3 is 5.73 Å². The molecule has 3 atom stereocenters. The first kappa shape index (κ1) is 14.0. The second kappa shape index (κ2) is 6.63. The Kier molecular flexibility index (Phi) is 5.13. The molecule has 0 aliphatic heterocycles. The van der Waals surface area contributed by atoms with Crippen molar-refractivity contribution in [1.29, 1.82) is 0 Å². The molecule has 0 heterocycles. The molecule has 1 saturated carbocycles. The minimum Gasteiger partial charge on any atom is -0.327 e. The van der Waals surface area contributed by atoms with Crippen molar-refractivity contribution < 1.29 is 0 Å². The van der Waals surface area contributed by atoms with E-state index in [1.807, 2.05) is 11.8 Å². The van der Waals surface area contributed by atoms with E-state index in [0.29, 0.717) is 6.04 Å². The second-order valence-corrected chi connectivity index (χ2v) is 6.83. The van der Waals surface area contributed by atoms with Gasteiger partial charge in [-0.1, -0.05) is 38.0 Å². The lowest BCUT2D eigenvalue weighted by Crippen LogP contribution is -2.35. The van der Waals surface area contributed by atoms with Gasteiger partial charge in [0.25, 0.3) is 0 Å². The van der Waals surface area contributed by atoms with Crippen LogP contribution in [0.2, 0.25) is 0 Å². The van der Waals surface area contributed by atoms with Crippen molar-refractivity contribution in [2.75, 3.05) is 5.75 Å². The predicted octanol–water partition coefficient (Wildman–Crippen LogP) is 4.24. The molecule has 0 aromatic heterocycles. The first-order valence-corrected chi connectivity index (χ1v) is 8.09. The average Bonchev–Trinajstić information content (AvgIpc) is 2.37. The molecule has 1 aromatic carbocycles. The average molecular weight is 263 g/mol. The van der Waals surface area contributed by atoms with Gasteiger partial charge in [-0.05, 0) is 43.2 Å². The van der Waals surface area contributed by atoms with Crippen LogP contribution < -0.4 is 5.73 Å². The van der Waals surface area contributed by atoms with Gasteiger partial charge >= 0.3 is 0 Å². The molecule has 1 nitrogen and oxygen atoms in total. The summed E-state index contributed by atoms with van der Waals surface area (Å²) in [5.74, 6) is 2.67. The van der Waals surface area contributed by atoms with E-state index in [4.69, 9.17) is 5.73 Å². The number of thioether (sulfide) groups is 1. The largest absolute Gasteiger partial charge is 0.327 e. The van der Waals surface area contributed by atoms with E-state index < -0.39 is 0 Å². The standard InChI is InChI=1S/C16H25NS/c1-12-6-5-8-14(10-12)15(17)11-18-16-9-4-3-7-13(16)2/h3-4,7,9,12,14-15H,5-6,8,10-11,17H2,1-2H3. The molecular weight excluding hydrogens is 238 g/mol. The fourth-order valence-electron chi connectivity index (χ4n) is 2.91. The van der Waals surface area contributed by atoms with Gasteiger partial charge in [-0.3, -0.25) is 0 Å². The molecule has 0 spiro atoms. The van der Waals surface area contributed by atoms with Gasteiger partial charge in [0.15, 0.2) is 0 Å². The van der Waals surface area contributed by atoms with Crippen LogP contribution in [0.15, 0.2) is 29.2 Å². The van der Waals surface area contributed by atoms with Crippen LogP contribution in [0.5, 0.6) is 0 Å². The molecule has 0 amide bonds. The number of nitrogens with two attached hydrogens (primary N) is 1. The normalized spacial score (nSPS) is 25.9. The summed E-state index contributed by atoms with van der Waals surface area (Å²) < 4.78 is 0. The molecule has 100 valence electrons. The Bertz CT molecular complexity index is 377. The fraction of sp³-hybridized carbons (Fsp3) is 0.625. The Morgan fingerprint density at radius 1 is 1.33 bits per heavy atom. The van der Waals surface area contributed by atoms with Crippen LogP contribution >= 0.6 is 11.8 Å². The van der Waals surface area contributed by atoms with Crippen molar-refractivity contribution in [3.05, 3.63) is 29.8 Å². The topological polar surface area (TPSA) is 26.0 Å². The first-order chi connectivity index (χ1) is 8.66. The van der Waals surface area contributed by atoms with Crippen molar-refractivity contribution in [3.63, 3.8) is 0 Å². The highest BCUT2D eigenvalue weighted by molar-refractivity contribution is 7.99. The van der Waals surface area contributed by atoms with Crippen LogP contribution in [0.25, 0.3) is 0 Å². The molecule has 1 aliphatic carbocycles. The number of aryl methyl sites for hydroxylation is 1. The maximum atomic E-state index is 6.39. The molecule has 1 aliphatic rings. The van der Waals surface area contributed by atoms with Crippen LogP contribution in [-0.4, -0.2) is 11.8 Å². The van der Waals surface area contributed by atoms with E-state index in [0.717, 1.165) is 17.6 Å². The van der Waals surface area contributed by atoms with Gasteiger partial charge in [-0.2, -0.15) is 0 Å². The second-order valence-electron chi connectivity index (χ2n) is 5.77. The van der Waals surface area contributed by atoms with Crippen LogP contribution in [0.1, 0.15) is 38.2 Å². The molecule has 2 rings (SSSR count). The zero-order chi connectivity index (χ0) is 13.0. The summed E-state index contributed by atoms with van der Waals surface area (Å²) in [5.41, 5.74) is 7.76. The van der Waals surface area contributed by atoms with E-state index in [2.05, 4.69) is 38.1 Å². The van der Waals surface area contributed by atoms with Gasteiger partial charge in [-0.15, -0.1) is 11.8 Å². The molecule has 3 unspecified atom stereocenters. The highest BCUT2D eigenvalue weighted by atomic mass is 32.2. The summed E-state index contributed by atoms with van der Waals surface area (Å²) in [7, 11) is 0. The van der Waals surface area contributed by atoms with E-state index >= 15 is 0 Å². The Labute approximate surface area is 116 Å². The zero-order valence-electron chi connectivity index (χ0n) is 11.6. The van der Waals surface area contributed by atoms with E-state index in [1.165, 1.54) is 36.1 Å². The first-order valence-electron chi connectivity index (χ1n) is 7.11. The third kappa shape index (κ3) is 3.76. The maximum absolute atomic E-state index is 6.39. The van der Waals surface area contributed by atoms with E-state index in [-0.39, 0.29) is 0 Å². The third-order valence-corrected chi connectivity index (χ3v) is 5.43. The highest BCUT2D eigenvalue weighted by Gasteiger charge is 2.24. The van der Waals surface area contributed by atoms with Gasteiger partial charge in [0.1, 0.15) is 0 Å². The quantitative estimate of drug-likeness (QED) is 0.822. The van der Waals surface area contributed by atoms with Crippen LogP contribution in [0.3, 0.4) is 0 Å². The number of rotatable bonds is 4. The molecule has 1 fully saturated rings. The Morgan fingerprint density at radius 2 is 2.11 bits per heavy atom. The molecule has 18 heavy (non-hydrogen) atoms. The summed E-state index contributed by atoms with van der Waals surface area (Å²) in [6.45, 7) is 4.55. The fourth-order valence-corrected chi connectivity index (χ4v) is 4.03. The molecule has 2 N–H and O–H groups in total. The number of benzene rings is 1. The Morgan fingerprint density at radius 3 is 2.83 bits per heavy atom. The third-order valence-electron chi connectivity index (χ3n) is 4.11. The van der Waals surface area contributed by atoms with Crippen LogP contribution in [0.4, 0.5) is 0 Å². The molecule has 0 radical (unpaired) electrons. The number of hydrogen-bond donors (Lipinski definition) is 1. The lowest BCUT2D eigenvalue weighted by molar-refractivity contribution is 0.256. The van der Waals surface area contributed by atoms with Gasteiger partial charge in [-0.25, -0.2) is 0 Å². The minimum absolute atomic E-state index is 0.359. The molecule has 2 heteroatoms. The monoisotopic (exact) mass is 263 g/mol.